The van der Waals surface area contributed by atoms with E-state index < -0.39 is 42.0 Å². The molecule has 1 aliphatic heterocycles. The van der Waals surface area contributed by atoms with E-state index in [9.17, 15) is 32.7 Å². The molecule has 0 aromatic rings. The van der Waals surface area contributed by atoms with Gasteiger partial charge in [-0.1, -0.05) is 27.7 Å². The van der Waals surface area contributed by atoms with Crippen molar-refractivity contribution in [3.05, 3.63) is 0 Å². The van der Waals surface area contributed by atoms with E-state index in [1.807, 2.05) is 33.0 Å². The van der Waals surface area contributed by atoms with E-state index in [4.69, 9.17) is 0 Å². The highest BCUT2D eigenvalue weighted by atomic mass is 19.4. The van der Waals surface area contributed by atoms with Crippen LogP contribution in [0.4, 0.5) is 13.2 Å². The number of nitrogens with one attached hydrogen (secondary N) is 2. The summed E-state index contributed by atoms with van der Waals surface area (Å²) in [5.41, 5.74) is -0.157. The van der Waals surface area contributed by atoms with Gasteiger partial charge in [0.2, 0.25) is 11.8 Å². The average Bonchev–Trinajstić information content (AvgIpc) is 3.50. The molecule has 0 unspecified atom stereocenters. The molecule has 7 nitrogen and oxygen atoms in total. The van der Waals surface area contributed by atoms with Gasteiger partial charge in [-0.25, -0.2) is 0 Å². The number of aliphatic hydroxyl groups excluding tert-OH is 1. The molecule has 3 amide bonds. The van der Waals surface area contributed by atoms with Gasteiger partial charge in [0.15, 0.2) is 0 Å². The van der Waals surface area contributed by atoms with Crippen molar-refractivity contribution in [3.8, 4) is 0 Å². The van der Waals surface area contributed by atoms with Gasteiger partial charge in [0.25, 0.3) is 0 Å². The van der Waals surface area contributed by atoms with Gasteiger partial charge in [0, 0.05) is 6.54 Å². The number of carbonyl (C=O) groups is 3. The normalized spacial score (nSPS) is 29.2. The van der Waals surface area contributed by atoms with Gasteiger partial charge in [-0.3, -0.25) is 14.4 Å². The van der Waals surface area contributed by atoms with Crippen molar-refractivity contribution in [2.24, 2.45) is 29.1 Å². The third-order valence-corrected chi connectivity index (χ3v) is 6.99. The maximum atomic E-state index is 13.2. The van der Waals surface area contributed by atoms with E-state index in [2.05, 4.69) is 5.32 Å². The Labute approximate surface area is 173 Å². The highest BCUT2D eigenvalue weighted by molar-refractivity contribution is 5.94. The third kappa shape index (κ3) is 4.15. The minimum Gasteiger partial charge on any atom is -0.394 e. The number of halogens is 3. The zero-order chi connectivity index (χ0) is 22.6. The van der Waals surface area contributed by atoms with Crippen molar-refractivity contribution in [1.29, 1.82) is 0 Å². The van der Waals surface area contributed by atoms with E-state index in [0.717, 1.165) is 0 Å². The van der Waals surface area contributed by atoms with Crippen molar-refractivity contribution in [2.45, 2.75) is 64.8 Å². The number of hydrogen-bond acceptors (Lipinski definition) is 4. The predicted octanol–water partition coefficient (Wildman–Crippen LogP) is 1.06. The number of aliphatic hydroxyl groups is 1. The average molecular weight is 433 g/mol. The van der Waals surface area contributed by atoms with Crippen LogP contribution in [0.15, 0.2) is 0 Å². The number of fused-ring (bicyclic) bond motifs is 1. The van der Waals surface area contributed by atoms with E-state index >= 15 is 0 Å². The first-order chi connectivity index (χ1) is 13.8. The van der Waals surface area contributed by atoms with E-state index in [1.165, 1.54) is 4.90 Å². The molecule has 2 saturated carbocycles. The summed E-state index contributed by atoms with van der Waals surface area (Å²) in [7, 11) is 0. The summed E-state index contributed by atoms with van der Waals surface area (Å²) in [6.07, 6.45) is -3.97. The summed E-state index contributed by atoms with van der Waals surface area (Å²) in [4.78, 5) is 39.1. The number of piperidine rings is 1. The highest BCUT2D eigenvalue weighted by Crippen LogP contribution is 2.65. The molecule has 3 rings (SSSR count). The van der Waals surface area contributed by atoms with Gasteiger partial charge < -0.3 is 20.6 Å². The standard InChI is InChI=1S/C20H30F3N3O4/c1-9(2)12(8-27)24-16(28)15-13-11(19(13,3)4)7-26(15)17(29)14(10-5-6-10)25-18(30)20(21,22)23/h9-15,27H,5-8H2,1-4H3,(H,24,28)(H,25,30)/t11-,12+,13-,14-,15-/m0/s1. The Hall–Kier alpha value is -1.84. The van der Waals surface area contributed by atoms with Gasteiger partial charge in [0.1, 0.15) is 12.1 Å². The summed E-state index contributed by atoms with van der Waals surface area (Å²) in [6, 6.07) is -2.59. The van der Waals surface area contributed by atoms with Crippen LogP contribution in [-0.4, -0.2) is 65.2 Å². The first-order valence-corrected chi connectivity index (χ1v) is 10.4. The second-order valence-corrected chi connectivity index (χ2v) is 9.72. The number of rotatable bonds is 7. The Morgan fingerprint density at radius 1 is 1.17 bits per heavy atom. The monoisotopic (exact) mass is 433 g/mol. The van der Waals surface area contributed by atoms with Crippen LogP contribution >= 0.6 is 0 Å². The van der Waals surface area contributed by atoms with Crippen LogP contribution in [0, 0.1) is 29.1 Å². The molecule has 0 aromatic carbocycles. The van der Waals surface area contributed by atoms with Crippen molar-refractivity contribution in [3.63, 3.8) is 0 Å². The largest absolute Gasteiger partial charge is 0.471 e. The molecule has 3 fully saturated rings. The first-order valence-electron chi connectivity index (χ1n) is 10.4. The number of alkyl halides is 3. The molecule has 1 heterocycles. The molecule has 10 heteroatoms. The van der Waals surface area contributed by atoms with Crippen LogP contribution in [0.3, 0.4) is 0 Å². The van der Waals surface area contributed by atoms with E-state index in [1.54, 1.807) is 0 Å². The topological polar surface area (TPSA) is 98.7 Å². The van der Waals surface area contributed by atoms with Crippen molar-refractivity contribution in [1.82, 2.24) is 15.5 Å². The Morgan fingerprint density at radius 2 is 1.77 bits per heavy atom. The molecule has 3 aliphatic rings. The van der Waals surface area contributed by atoms with Gasteiger partial charge >= 0.3 is 12.1 Å². The smallest absolute Gasteiger partial charge is 0.394 e. The van der Waals surface area contributed by atoms with Crippen LogP contribution in [-0.2, 0) is 14.4 Å². The minimum atomic E-state index is -5.08. The van der Waals surface area contributed by atoms with Crippen molar-refractivity contribution >= 4 is 17.7 Å². The summed E-state index contributed by atoms with van der Waals surface area (Å²) >= 11 is 0. The lowest BCUT2D eigenvalue weighted by Crippen LogP contribution is -2.59. The molecule has 5 atom stereocenters. The highest BCUT2D eigenvalue weighted by Gasteiger charge is 2.70. The molecule has 1 saturated heterocycles. The summed E-state index contributed by atoms with van der Waals surface area (Å²) in [5, 5.41) is 14.2. The van der Waals surface area contributed by atoms with Gasteiger partial charge in [-0.05, 0) is 41.9 Å². The summed E-state index contributed by atoms with van der Waals surface area (Å²) < 4.78 is 38.2. The van der Waals surface area contributed by atoms with Crippen molar-refractivity contribution in [2.75, 3.05) is 13.2 Å². The molecule has 0 bridgehead atoms. The molecule has 2 aliphatic carbocycles. The van der Waals surface area contributed by atoms with Crippen LogP contribution in [0.5, 0.6) is 0 Å². The van der Waals surface area contributed by atoms with E-state index in [-0.39, 0.29) is 42.2 Å². The van der Waals surface area contributed by atoms with Crippen molar-refractivity contribution < 1.29 is 32.7 Å². The summed E-state index contributed by atoms with van der Waals surface area (Å²) in [5.74, 6) is -3.60. The number of likely N-dealkylation sites (tertiary alicyclic amines) is 1. The predicted molar refractivity (Wildman–Crippen MR) is 101 cm³/mol. The number of amides is 3. The molecule has 0 aromatic heterocycles. The number of carbonyl (C=O) groups excluding carboxylic acids is 3. The fraction of sp³-hybridized carbons (Fsp3) is 0.850. The Kier molecular flexibility index (Phi) is 5.85. The second kappa shape index (κ2) is 7.69. The third-order valence-electron chi connectivity index (χ3n) is 6.99. The lowest BCUT2D eigenvalue weighted by Gasteiger charge is -2.34. The molecular weight excluding hydrogens is 403 g/mol. The minimum absolute atomic E-state index is 0.0298. The van der Waals surface area contributed by atoms with Gasteiger partial charge in [-0.2, -0.15) is 13.2 Å². The molecule has 0 spiro atoms. The first kappa shape index (κ1) is 22.8. The van der Waals surface area contributed by atoms with Crippen LogP contribution in [0.1, 0.15) is 40.5 Å². The molecule has 30 heavy (non-hydrogen) atoms. The maximum absolute atomic E-state index is 13.2. The molecule has 3 N–H and O–H groups in total. The Balaban J connectivity index is 1.79. The number of nitrogens with zero attached hydrogens (tertiary/aromatic N) is 1. The van der Waals surface area contributed by atoms with E-state index in [0.29, 0.717) is 12.8 Å². The quantitative estimate of drug-likeness (QED) is 0.559. The molecular formula is C20H30F3N3O4. The lowest BCUT2D eigenvalue weighted by molar-refractivity contribution is -0.175. The Morgan fingerprint density at radius 3 is 2.23 bits per heavy atom. The fourth-order valence-electron chi connectivity index (χ4n) is 4.72. The van der Waals surface area contributed by atoms with Gasteiger partial charge in [-0.15, -0.1) is 0 Å². The number of hydrogen-bond donors (Lipinski definition) is 3. The SMILES string of the molecule is CC(C)[C@@H](CO)NC(=O)[C@@H]1[C@@H]2[C@H](CN1C(=O)[C@@H](NC(=O)C(F)(F)F)C1CC1)C2(C)C. The second-order valence-electron chi connectivity index (χ2n) is 9.72. The zero-order valence-corrected chi connectivity index (χ0v) is 17.6. The maximum Gasteiger partial charge on any atom is 0.471 e. The zero-order valence-electron chi connectivity index (χ0n) is 17.6. The molecule has 170 valence electrons. The van der Waals surface area contributed by atoms with Crippen LogP contribution < -0.4 is 10.6 Å². The fourth-order valence-corrected chi connectivity index (χ4v) is 4.72. The van der Waals surface area contributed by atoms with Crippen LogP contribution in [0.25, 0.3) is 0 Å². The van der Waals surface area contributed by atoms with Crippen LogP contribution in [0.2, 0.25) is 0 Å². The molecule has 0 radical (unpaired) electrons. The lowest BCUT2D eigenvalue weighted by atomic mass is 9.98. The summed E-state index contributed by atoms with van der Waals surface area (Å²) in [6.45, 7) is 7.70. The Bertz CT molecular complexity index is 721. The van der Waals surface area contributed by atoms with Gasteiger partial charge in [0.05, 0.1) is 12.6 Å².